The predicted octanol–water partition coefficient (Wildman–Crippen LogP) is 0.845. The van der Waals surface area contributed by atoms with E-state index in [0.717, 1.165) is 18.7 Å². The highest BCUT2D eigenvalue weighted by Gasteiger charge is 2.05. The minimum atomic E-state index is -0.277. The maximum absolute atomic E-state index is 10.6. The molecule has 0 aromatic carbocycles. The maximum Gasteiger partial charge on any atom is 0.255 e. The molecule has 0 spiro atoms. The Morgan fingerprint density at radius 1 is 1.50 bits per heavy atom. The number of amides is 1. The van der Waals surface area contributed by atoms with Gasteiger partial charge in [0.25, 0.3) is 5.78 Å². The van der Waals surface area contributed by atoms with Crippen molar-refractivity contribution in [2.24, 2.45) is 5.73 Å². The monoisotopic (exact) mass is 268 g/mol. The Morgan fingerprint density at radius 3 is 3.11 bits per heavy atom. The van der Waals surface area contributed by atoms with E-state index in [-0.39, 0.29) is 5.91 Å². The molecular formula is C10H13ClN6O. The molecule has 0 bridgehead atoms. The minimum absolute atomic E-state index is 0.277. The molecule has 18 heavy (non-hydrogen) atoms. The second kappa shape index (κ2) is 5.63. The predicted molar refractivity (Wildman–Crippen MR) is 67.3 cm³/mol. The van der Waals surface area contributed by atoms with Crippen LogP contribution < -0.4 is 11.1 Å². The van der Waals surface area contributed by atoms with Crippen molar-refractivity contribution in [1.82, 2.24) is 19.6 Å². The lowest BCUT2D eigenvalue weighted by molar-refractivity contribution is -0.118. The van der Waals surface area contributed by atoms with Crippen LogP contribution in [-0.4, -0.2) is 32.0 Å². The van der Waals surface area contributed by atoms with E-state index in [0.29, 0.717) is 23.9 Å². The van der Waals surface area contributed by atoms with Gasteiger partial charge in [0.15, 0.2) is 0 Å². The van der Waals surface area contributed by atoms with E-state index < -0.39 is 0 Å². The van der Waals surface area contributed by atoms with E-state index in [1.807, 2.05) is 0 Å². The highest BCUT2D eigenvalue weighted by molar-refractivity contribution is 6.29. The Bertz CT molecular complexity index is 554. The van der Waals surface area contributed by atoms with Gasteiger partial charge in [-0.25, -0.2) is 0 Å². The quantitative estimate of drug-likeness (QED) is 0.598. The fourth-order valence-electron chi connectivity index (χ4n) is 1.55. The van der Waals surface area contributed by atoms with Crippen LogP contribution in [0.15, 0.2) is 12.4 Å². The summed E-state index contributed by atoms with van der Waals surface area (Å²) >= 11 is 5.87. The number of carbonyl (C=O) groups is 1. The smallest absolute Gasteiger partial charge is 0.255 e. The summed E-state index contributed by atoms with van der Waals surface area (Å²) in [4.78, 5) is 18.6. The first-order chi connectivity index (χ1) is 8.66. The third kappa shape index (κ3) is 3.07. The largest absolute Gasteiger partial charge is 0.370 e. The van der Waals surface area contributed by atoms with E-state index in [1.54, 1.807) is 10.6 Å². The van der Waals surface area contributed by atoms with Gasteiger partial charge in [0.05, 0.1) is 0 Å². The molecule has 96 valence electrons. The molecule has 0 atom stereocenters. The molecule has 0 radical (unpaired) electrons. The molecule has 0 aliphatic heterocycles. The molecule has 0 unspecified atom stereocenters. The molecule has 0 aliphatic rings. The molecule has 3 N–H and O–H groups in total. The topological polar surface area (TPSA) is 98.2 Å². The lowest BCUT2D eigenvalue weighted by Gasteiger charge is -2.07. The molecule has 0 saturated heterocycles. The van der Waals surface area contributed by atoms with Crippen LogP contribution in [0.4, 0.5) is 5.82 Å². The Balaban J connectivity index is 1.94. The number of nitrogens with one attached hydrogen (secondary N) is 1. The van der Waals surface area contributed by atoms with Gasteiger partial charge in [-0.2, -0.15) is 19.6 Å². The minimum Gasteiger partial charge on any atom is -0.370 e. The van der Waals surface area contributed by atoms with Gasteiger partial charge in [0.1, 0.15) is 17.3 Å². The van der Waals surface area contributed by atoms with Crippen molar-refractivity contribution >= 4 is 29.1 Å². The van der Waals surface area contributed by atoms with Gasteiger partial charge >= 0.3 is 0 Å². The molecule has 1 amide bonds. The first kappa shape index (κ1) is 12.6. The molecule has 2 aromatic rings. The van der Waals surface area contributed by atoms with Gasteiger partial charge in [-0.15, -0.1) is 0 Å². The van der Waals surface area contributed by atoms with Crippen LogP contribution in [0.2, 0.25) is 5.15 Å². The lowest BCUT2D eigenvalue weighted by Crippen LogP contribution is -2.12. The van der Waals surface area contributed by atoms with Crippen LogP contribution in [0.25, 0.3) is 5.78 Å². The van der Waals surface area contributed by atoms with Crippen molar-refractivity contribution in [2.75, 3.05) is 11.9 Å². The summed E-state index contributed by atoms with van der Waals surface area (Å²) in [5.41, 5.74) is 5.06. The number of hydrogen-bond acceptors (Lipinski definition) is 5. The zero-order valence-corrected chi connectivity index (χ0v) is 10.4. The molecule has 2 heterocycles. The van der Waals surface area contributed by atoms with Crippen LogP contribution in [0, 0.1) is 0 Å². The Morgan fingerprint density at radius 2 is 2.33 bits per heavy atom. The third-order valence-corrected chi connectivity index (χ3v) is 2.57. The second-order valence-electron chi connectivity index (χ2n) is 3.79. The van der Waals surface area contributed by atoms with Crippen LogP contribution in [0.3, 0.4) is 0 Å². The zero-order chi connectivity index (χ0) is 13.0. The average molecular weight is 269 g/mol. The number of carbonyl (C=O) groups excluding carboxylic acids is 1. The first-order valence-corrected chi connectivity index (χ1v) is 5.93. The van der Waals surface area contributed by atoms with E-state index in [2.05, 4.69) is 20.4 Å². The van der Waals surface area contributed by atoms with Crippen LogP contribution in [0.5, 0.6) is 0 Å². The van der Waals surface area contributed by atoms with E-state index in [4.69, 9.17) is 17.3 Å². The zero-order valence-electron chi connectivity index (χ0n) is 9.64. The summed E-state index contributed by atoms with van der Waals surface area (Å²) in [5, 5.41) is 7.56. The Hall–Kier alpha value is -1.89. The van der Waals surface area contributed by atoms with Crippen molar-refractivity contribution in [3.05, 3.63) is 17.5 Å². The maximum atomic E-state index is 10.6. The van der Waals surface area contributed by atoms with Crippen molar-refractivity contribution in [3.8, 4) is 0 Å². The molecule has 7 nitrogen and oxygen atoms in total. The summed E-state index contributed by atoms with van der Waals surface area (Å²) in [7, 11) is 0. The van der Waals surface area contributed by atoms with Crippen molar-refractivity contribution in [3.63, 3.8) is 0 Å². The fourth-order valence-corrected chi connectivity index (χ4v) is 1.73. The van der Waals surface area contributed by atoms with Crippen molar-refractivity contribution < 1.29 is 4.79 Å². The van der Waals surface area contributed by atoms with E-state index >= 15 is 0 Å². The van der Waals surface area contributed by atoms with E-state index in [9.17, 15) is 4.79 Å². The highest BCUT2D eigenvalue weighted by atomic mass is 35.5. The number of nitrogens with zero attached hydrogens (tertiary/aromatic N) is 4. The van der Waals surface area contributed by atoms with E-state index in [1.165, 1.54) is 6.33 Å². The highest BCUT2D eigenvalue weighted by Crippen LogP contribution is 2.14. The van der Waals surface area contributed by atoms with Gasteiger partial charge in [-0.05, 0) is 12.8 Å². The summed E-state index contributed by atoms with van der Waals surface area (Å²) in [6.07, 6.45) is 3.40. The molecule has 0 aliphatic carbocycles. The molecule has 2 rings (SSSR count). The van der Waals surface area contributed by atoms with Crippen molar-refractivity contribution in [1.29, 1.82) is 0 Å². The van der Waals surface area contributed by atoms with Crippen LogP contribution in [0.1, 0.15) is 19.3 Å². The molecule has 0 saturated carbocycles. The third-order valence-electron chi connectivity index (χ3n) is 2.38. The Kier molecular flexibility index (Phi) is 3.93. The lowest BCUT2D eigenvalue weighted by atomic mass is 10.2. The normalized spacial score (nSPS) is 10.7. The number of primary amides is 1. The number of anilines is 1. The Labute approximate surface area is 108 Å². The van der Waals surface area contributed by atoms with Gasteiger partial charge in [-0.1, -0.05) is 11.6 Å². The SMILES string of the molecule is NC(=O)CCCCNc1cc(Cl)nc2ncnn12. The van der Waals surface area contributed by atoms with Crippen molar-refractivity contribution in [2.45, 2.75) is 19.3 Å². The van der Waals surface area contributed by atoms with Crippen LogP contribution in [-0.2, 0) is 4.79 Å². The average Bonchev–Trinajstić information content (AvgIpc) is 2.75. The number of aromatic nitrogens is 4. The van der Waals surface area contributed by atoms with Gasteiger partial charge < -0.3 is 11.1 Å². The molecular weight excluding hydrogens is 256 g/mol. The summed E-state index contributed by atoms with van der Waals surface area (Å²) in [5.74, 6) is 0.893. The number of hydrogen-bond donors (Lipinski definition) is 2. The summed E-state index contributed by atoms with van der Waals surface area (Å²) < 4.78 is 1.57. The summed E-state index contributed by atoms with van der Waals surface area (Å²) in [6.45, 7) is 0.697. The molecule has 0 fully saturated rings. The molecule has 2 aromatic heterocycles. The number of fused-ring (bicyclic) bond motifs is 1. The van der Waals surface area contributed by atoms with Gasteiger partial charge in [-0.3, -0.25) is 4.79 Å². The van der Waals surface area contributed by atoms with Gasteiger partial charge in [0, 0.05) is 19.0 Å². The fraction of sp³-hybridized carbons (Fsp3) is 0.400. The standard InChI is InChI=1S/C10H13ClN6O/c11-7-5-9(13-4-2-1-3-8(12)18)17-10(16-7)14-6-15-17/h5-6,13H,1-4H2,(H2,12,18). The molecule has 8 heteroatoms. The second-order valence-corrected chi connectivity index (χ2v) is 4.17. The number of halogens is 1. The van der Waals surface area contributed by atoms with Crippen LogP contribution >= 0.6 is 11.6 Å². The first-order valence-electron chi connectivity index (χ1n) is 5.55. The number of nitrogens with two attached hydrogens (primary N) is 1. The number of unbranched alkanes of at least 4 members (excludes halogenated alkanes) is 1. The van der Waals surface area contributed by atoms with Gasteiger partial charge in [0.2, 0.25) is 5.91 Å². The summed E-state index contributed by atoms with van der Waals surface area (Å²) in [6, 6.07) is 1.68. The number of rotatable bonds is 6.